The minimum atomic E-state index is -0.260. The van der Waals surface area contributed by atoms with Crippen molar-refractivity contribution in [3.63, 3.8) is 0 Å². The van der Waals surface area contributed by atoms with E-state index >= 15 is 0 Å². The van der Waals surface area contributed by atoms with Crippen LogP contribution >= 0.6 is 22.9 Å². The van der Waals surface area contributed by atoms with E-state index in [9.17, 15) is 9.59 Å². The summed E-state index contributed by atoms with van der Waals surface area (Å²) in [5, 5.41) is 6.73. The van der Waals surface area contributed by atoms with Gasteiger partial charge in [0.15, 0.2) is 5.13 Å². The predicted molar refractivity (Wildman–Crippen MR) is 97.5 cm³/mol. The fraction of sp³-hybridized carbons (Fsp3) is 0.353. The first-order chi connectivity index (χ1) is 12.1. The number of fused-ring (bicyclic) bond motifs is 1. The molecule has 1 aliphatic carbocycles. The molecule has 1 unspecified atom stereocenters. The lowest BCUT2D eigenvalue weighted by atomic mass is 10.1. The van der Waals surface area contributed by atoms with Crippen LogP contribution in [-0.4, -0.2) is 37.1 Å². The molecule has 1 aromatic carbocycles. The summed E-state index contributed by atoms with van der Waals surface area (Å²) < 4.78 is 4.94. The highest BCUT2D eigenvalue weighted by Gasteiger charge is 2.32. The van der Waals surface area contributed by atoms with Gasteiger partial charge in [0.05, 0.1) is 18.2 Å². The Morgan fingerprint density at radius 2 is 2.12 bits per heavy atom. The largest absolute Gasteiger partial charge is 0.383 e. The number of hydrogen-bond donors (Lipinski definition) is 2. The molecule has 0 saturated carbocycles. The van der Waals surface area contributed by atoms with Crippen molar-refractivity contribution in [3.05, 3.63) is 45.4 Å². The number of aryl methyl sites for hydroxylation is 1. The third-order valence-electron chi connectivity index (χ3n) is 3.97. The summed E-state index contributed by atoms with van der Waals surface area (Å²) in [7, 11) is 1.59. The molecule has 3 rings (SSSR count). The molecule has 25 heavy (non-hydrogen) atoms. The lowest BCUT2D eigenvalue weighted by Gasteiger charge is -2.10. The average molecular weight is 380 g/mol. The number of methoxy groups -OCH3 is 1. The molecule has 2 aromatic rings. The van der Waals surface area contributed by atoms with Crippen molar-refractivity contribution in [3.8, 4) is 0 Å². The van der Waals surface area contributed by atoms with Crippen LogP contribution in [0.5, 0.6) is 0 Å². The van der Waals surface area contributed by atoms with Crippen molar-refractivity contribution in [2.75, 3.05) is 25.6 Å². The molecule has 2 N–H and O–H groups in total. The number of thiazole rings is 1. The number of aromatic nitrogens is 1. The predicted octanol–water partition coefficient (Wildman–Crippen LogP) is 2.84. The van der Waals surface area contributed by atoms with Crippen LogP contribution < -0.4 is 10.6 Å². The standard InChI is InChI=1S/C17H18ClN3O3S/c1-24-9-8-19-16(23)12-6-7-13-14(12)20-17(25-13)21-15(22)10-2-4-11(18)5-3-10/h2-5,12H,6-9H2,1H3,(H,19,23)(H,20,21,22). The lowest BCUT2D eigenvalue weighted by Crippen LogP contribution is -2.31. The van der Waals surface area contributed by atoms with E-state index in [4.69, 9.17) is 16.3 Å². The minimum Gasteiger partial charge on any atom is -0.383 e. The van der Waals surface area contributed by atoms with Crippen LogP contribution in [0.4, 0.5) is 5.13 Å². The minimum absolute atomic E-state index is 0.0447. The number of anilines is 1. The second-order valence-corrected chi connectivity index (χ2v) is 7.18. The zero-order valence-corrected chi connectivity index (χ0v) is 15.2. The van der Waals surface area contributed by atoms with Gasteiger partial charge in [-0.3, -0.25) is 14.9 Å². The molecule has 1 aliphatic rings. The van der Waals surface area contributed by atoms with Crippen LogP contribution in [0.25, 0.3) is 0 Å². The van der Waals surface area contributed by atoms with Crippen molar-refractivity contribution >= 4 is 39.9 Å². The Morgan fingerprint density at radius 1 is 1.36 bits per heavy atom. The molecular formula is C17H18ClN3O3S. The third kappa shape index (κ3) is 4.18. The van der Waals surface area contributed by atoms with Gasteiger partial charge < -0.3 is 10.1 Å². The Kier molecular flexibility index (Phi) is 5.67. The van der Waals surface area contributed by atoms with Crippen LogP contribution in [0.1, 0.15) is 33.3 Å². The van der Waals surface area contributed by atoms with Gasteiger partial charge in [0.1, 0.15) is 0 Å². The van der Waals surface area contributed by atoms with E-state index in [1.54, 1.807) is 31.4 Å². The molecule has 1 aromatic heterocycles. The van der Waals surface area contributed by atoms with E-state index in [-0.39, 0.29) is 17.7 Å². The zero-order chi connectivity index (χ0) is 17.8. The summed E-state index contributed by atoms with van der Waals surface area (Å²) in [5.74, 6) is -0.550. The summed E-state index contributed by atoms with van der Waals surface area (Å²) >= 11 is 7.25. The smallest absolute Gasteiger partial charge is 0.257 e. The maximum Gasteiger partial charge on any atom is 0.257 e. The van der Waals surface area contributed by atoms with Crippen molar-refractivity contribution in [2.24, 2.45) is 0 Å². The highest BCUT2D eigenvalue weighted by atomic mass is 35.5. The van der Waals surface area contributed by atoms with E-state index in [1.165, 1.54) is 11.3 Å². The number of nitrogens with zero attached hydrogens (tertiary/aromatic N) is 1. The number of nitrogens with one attached hydrogen (secondary N) is 2. The molecule has 0 bridgehead atoms. The Balaban J connectivity index is 1.66. The average Bonchev–Trinajstić information content (AvgIpc) is 3.15. The van der Waals surface area contributed by atoms with E-state index in [0.717, 1.165) is 23.4 Å². The molecule has 0 saturated heterocycles. The molecule has 0 radical (unpaired) electrons. The molecule has 0 spiro atoms. The topological polar surface area (TPSA) is 80.3 Å². The van der Waals surface area contributed by atoms with Crippen molar-refractivity contribution in [1.82, 2.24) is 10.3 Å². The van der Waals surface area contributed by atoms with Gasteiger partial charge in [-0.15, -0.1) is 11.3 Å². The van der Waals surface area contributed by atoms with Crippen LogP contribution in [0.2, 0.25) is 5.02 Å². The van der Waals surface area contributed by atoms with Crippen molar-refractivity contribution < 1.29 is 14.3 Å². The van der Waals surface area contributed by atoms with Gasteiger partial charge >= 0.3 is 0 Å². The summed E-state index contributed by atoms with van der Waals surface area (Å²) in [4.78, 5) is 30.1. The Bertz CT molecular complexity index is 776. The SMILES string of the molecule is COCCNC(=O)C1CCc2sc(NC(=O)c3ccc(Cl)cc3)nc21. The normalized spacial score (nSPS) is 15.7. The third-order valence-corrected chi connectivity index (χ3v) is 5.26. The second kappa shape index (κ2) is 7.95. The van der Waals surface area contributed by atoms with Crippen LogP contribution in [-0.2, 0) is 16.0 Å². The number of ether oxygens (including phenoxy) is 1. The van der Waals surface area contributed by atoms with E-state index in [0.29, 0.717) is 28.9 Å². The lowest BCUT2D eigenvalue weighted by molar-refractivity contribution is -0.122. The number of halogens is 1. The first-order valence-electron chi connectivity index (χ1n) is 7.91. The van der Waals surface area contributed by atoms with Crippen LogP contribution in [0.15, 0.2) is 24.3 Å². The van der Waals surface area contributed by atoms with E-state index < -0.39 is 0 Å². The molecule has 0 fully saturated rings. The Hall–Kier alpha value is -1.96. The summed E-state index contributed by atoms with van der Waals surface area (Å²) in [6.07, 6.45) is 1.55. The molecule has 132 valence electrons. The maximum absolute atomic E-state index is 12.3. The van der Waals surface area contributed by atoms with Gasteiger partial charge in [-0.1, -0.05) is 11.6 Å². The van der Waals surface area contributed by atoms with Gasteiger partial charge in [0.25, 0.3) is 5.91 Å². The van der Waals surface area contributed by atoms with Gasteiger partial charge in [-0.25, -0.2) is 4.98 Å². The number of amides is 2. The number of benzene rings is 1. The fourth-order valence-electron chi connectivity index (χ4n) is 2.71. The Morgan fingerprint density at radius 3 is 2.84 bits per heavy atom. The molecule has 2 amide bonds. The Labute approximate surface area is 154 Å². The summed E-state index contributed by atoms with van der Waals surface area (Å²) in [6.45, 7) is 0.955. The molecule has 6 nitrogen and oxygen atoms in total. The molecule has 1 heterocycles. The summed E-state index contributed by atoms with van der Waals surface area (Å²) in [5.41, 5.74) is 1.28. The highest BCUT2D eigenvalue weighted by molar-refractivity contribution is 7.16. The monoisotopic (exact) mass is 379 g/mol. The first kappa shape index (κ1) is 17.8. The maximum atomic E-state index is 12.3. The van der Waals surface area contributed by atoms with E-state index in [1.807, 2.05) is 0 Å². The van der Waals surface area contributed by atoms with Crippen LogP contribution in [0.3, 0.4) is 0 Å². The number of hydrogen-bond acceptors (Lipinski definition) is 5. The van der Waals surface area contributed by atoms with E-state index in [2.05, 4.69) is 15.6 Å². The van der Waals surface area contributed by atoms with Crippen molar-refractivity contribution in [2.45, 2.75) is 18.8 Å². The van der Waals surface area contributed by atoms with Gasteiger partial charge in [-0.2, -0.15) is 0 Å². The van der Waals surface area contributed by atoms with Gasteiger partial charge in [0, 0.05) is 29.1 Å². The summed E-state index contributed by atoms with van der Waals surface area (Å²) in [6, 6.07) is 6.65. The fourth-order valence-corrected chi connectivity index (χ4v) is 3.87. The molecule has 8 heteroatoms. The molecule has 1 atom stereocenters. The van der Waals surface area contributed by atoms with Gasteiger partial charge in [0.2, 0.25) is 5.91 Å². The number of rotatable bonds is 6. The quantitative estimate of drug-likeness (QED) is 0.756. The highest BCUT2D eigenvalue weighted by Crippen LogP contribution is 2.38. The van der Waals surface area contributed by atoms with Gasteiger partial charge in [-0.05, 0) is 37.1 Å². The second-order valence-electron chi connectivity index (χ2n) is 5.66. The number of carbonyl (C=O) groups is 2. The molecular weight excluding hydrogens is 362 g/mol. The van der Waals surface area contributed by atoms with Crippen LogP contribution in [0, 0.1) is 0 Å². The first-order valence-corrected chi connectivity index (χ1v) is 9.11. The number of carbonyl (C=O) groups excluding carboxylic acids is 2. The zero-order valence-electron chi connectivity index (χ0n) is 13.7. The molecule has 0 aliphatic heterocycles. The van der Waals surface area contributed by atoms with Crippen molar-refractivity contribution in [1.29, 1.82) is 0 Å².